The molecule has 64 heavy (non-hydrogen) atoms. The largest absolute Gasteiger partial charge is 0.462 e. The first-order valence-electron chi connectivity index (χ1n) is 24.3. The van der Waals surface area contributed by atoms with E-state index in [-0.39, 0.29) is 30.8 Å². The third kappa shape index (κ3) is 9.92. The molecule has 14 nitrogen and oxygen atoms in total. The molecule has 5 saturated heterocycles. The number of carbonyl (C=O) groups excluding carboxylic acids is 1. The fourth-order valence-corrected chi connectivity index (χ4v) is 12.1. The maximum absolute atomic E-state index is 14.5. The summed E-state index contributed by atoms with van der Waals surface area (Å²) < 4.78 is 64.4. The molecule has 0 amide bonds. The molecule has 6 heterocycles. The molecule has 8 aliphatic rings. The number of rotatable bonds is 7. The van der Waals surface area contributed by atoms with Gasteiger partial charge in [0.1, 0.15) is 42.0 Å². The number of allylic oxidation sites excluding steroid dienone is 2. The van der Waals surface area contributed by atoms with Crippen molar-refractivity contribution < 1.29 is 67.5 Å². The summed E-state index contributed by atoms with van der Waals surface area (Å²) in [5, 5.41) is 34.4. The quantitative estimate of drug-likeness (QED) is 0.197. The van der Waals surface area contributed by atoms with Gasteiger partial charge in [-0.25, -0.2) is 0 Å². The first-order valence-corrected chi connectivity index (χ1v) is 24.3. The molecular weight excluding hydrogens is 825 g/mol. The minimum absolute atomic E-state index is 0.0463. The number of hydrogen-bond acceptors (Lipinski definition) is 14. The van der Waals surface area contributed by atoms with Gasteiger partial charge in [0.25, 0.3) is 0 Å². The summed E-state index contributed by atoms with van der Waals surface area (Å²) in [6.45, 7) is 12.0. The van der Waals surface area contributed by atoms with Gasteiger partial charge in [0.2, 0.25) is 0 Å². The third-order valence-corrected chi connectivity index (χ3v) is 15.8. The van der Waals surface area contributed by atoms with Crippen molar-refractivity contribution in [2.24, 2.45) is 23.7 Å². The van der Waals surface area contributed by atoms with E-state index >= 15 is 0 Å². The van der Waals surface area contributed by atoms with Gasteiger partial charge in [-0.15, -0.1) is 0 Å². The lowest BCUT2D eigenvalue weighted by molar-refractivity contribution is -0.342. The standard InChI is InChI=1S/C50H76O14/c1-27-13-12-16-34-26-57-47-42(51)30(4)21-37(50(34,47)54)48(53)60-36-22-35(63-49(25-36)20-19-29(3)45(64-49)33-14-10-9-11-15-33)18-17-28(2)44(27)61-41-24-39(56-8)46(32(6)59-41)62-40-23-38(55-7)43(52)31(5)58-40/h12-13,16-17,21,27,29,31-33,35-47,51-52,54H,9-11,14-15,18-20,22-26H2,1-8H3/b13-12+,28-17+,34-16-/t27-,29-,31-,32-,35+,36-,37-,38-,39-,40-,41-,42+,43-,44-,45-,46-,47+,49+,50+/m0/s1. The SMILES string of the molecule is CO[C@H]1C[C@H](O[C@H]2[C@H](C)O[C@@H](O[C@@H]3/C(C)=C/C[C@@H]4C[C@@H](C[C@]5(CC[C@H](C)[C@@H](C6CCCCC6)O5)O4)OC(=O)[C@@H]4C=C(C)[C@@H](O)[C@H]5OC/C(=C/C=C/[C@@H]3C)[C@]54O)C[C@@H]2OC)O[C@@H](C)[C@@H]1O. The van der Waals surface area contributed by atoms with E-state index in [2.05, 4.69) is 26.8 Å². The minimum Gasteiger partial charge on any atom is -0.462 e. The Kier molecular flexibility index (Phi) is 15.3. The zero-order chi connectivity index (χ0) is 45.5. The summed E-state index contributed by atoms with van der Waals surface area (Å²) in [6, 6.07) is 0. The number of ether oxygens (including phenoxy) is 10. The molecule has 2 aliphatic carbocycles. The van der Waals surface area contributed by atoms with Crippen LogP contribution < -0.4 is 0 Å². The maximum Gasteiger partial charge on any atom is 0.316 e. The van der Waals surface area contributed by atoms with E-state index in [1.54, 1.807) is 40.2 Å². The van der Waals surface area contributed by atoms with Crippen molar-refractivity contribution in [3.05, 3.63) is 47.1 Å². The van der Waals surface area contributed by atoms with Crippen LogP contribution in [0.4, 0.5) is 0 Å². The summed E-state index contributed by atoms with van der Waals surface area (Å²) in [7, 11) is 3.24. The van der Waals surface area contributed by atoms with Crippen LogP contribution in [0.25, 0.3) is 0 Å². The number of methoxy groups -OCH3 is 2. The van der Waals surface area contributed by atoms with Crippen LogP contribution in [-0.2, 0) is 52.2 Å². The van der Waals surface area contributed by atoms with Gasteiger partial charge < -0.3 is 62.7 Å². The van der Waals surface area contributed by atoms with Gasteiger partial charge in [-0.1, -0.05) is 63.5 Å². The molecule has 19 atom stereocenters. The van der Waals surface area contributed by atoms with Crippen molar-refractivity contribution in [2.45, 2.75) is 216 Å². The Morgan fingerprint density at radius 3 is 2.30 bits per heavy atom. The lowest BCUT2D eigenvalue weighted by Crippen LogP contribution is -2.58. The molecule has 2 bridgehead atoms. The Labute approximate surface area is 379 Å². The minimum atomic E-state index is -1.82. The van der Waals surface area contributed by atoms with Crippen LogP contribution in [0.15, 0.2) is 47.1 Å². The van der Waals surface area contributed by atoms with Crippen LogP contribution in [0.1, 0.15) is 119 Å². The second kappa shape index (κ2) is 20.3. The molecule has 1 saturated carbocycles. The summed E-state index contributed by atoms with van der Waals surface area (Å²) >= 11 is 0. The average molecular weight is 901 g/mol. The predicted octanol–water partition coefficient (Wildman–Crippen LogP) is 6.14. The first kappa shape index (κ1) is 48.4. The number of aliphatic hydroxyl groups is 3. The van der Waals surface area contributed by atoms with Crippen molar-refractivity contribution in [2.75, 3.05) is 20.8 Å². The molecule has 8 rings (SSSR count). The molecule has 0 aromatic heterocycles. The van der Waals surface area contributed by atoms with Gasteiger partial charge in [-0.05, 0) is 81.9 Å². The fraction of sp³-hybridized carbons (Fsp3) is 0.820. The van der Waals surface area contributed by atoms with Crippen LogP contribution in [0.5, 0.6) is 0 Å². The molecule has 0 unspecified atom stereocenters. The zero-order valence-corrected chi connectivity index (χ0v) is 39.3. The van der Waals surface area contributed by atoms with Gasteiger partial charge in [0.05, 0.1) is 49.3 Å². The Morgan fingerprint density at radius 1 is 0.828 bits per heavy atom. The molecule has 3 N–H and O–H groups in total. The van der Waals surface area contributed by atoms with Crippen molar-refractivity contribution in [3.8, 4) is 0 Å². The van der Waals surface area contributed by atoms with Crippen LogP contribution in [0, 0.1) is 23.7 Å². The van der Waals surface area contributed by atoms with Gasteiger partial charge >= 0.3 is 5.97 Å². The molecule has 1 spiro atoms. The highest BCUT2D eigenvalue weighted by atomic mass is 16.7. The Balaban J connectivity index is 1.08. The number of aliphatic hydroxyl groups excluding tert-OH is 2. The fourth-order valence-electron chi connectivity index (χ4n) is 12.1. The highest BCUT2D eigenvalue weighted by Gasteiger charge is 2.60. The smallest absolute Gasteiger partial charge is 0.316 e. The molecule has 6 aliphatic heterocycles. The van der Waals surface area contributed by atoms with E-state index in [1.807, 2.05) is 19.1 Å². The lowest BCUT2D eigenvalue weighted by Gasteiger charge is -2.51. The average Bonchev–Trinajstić information content (AvgIpc) is 3.62. The zero-order valence-electron chi connectivity index (χ0n) is 39.3. The summed E-state index contributed by atoms with van der Waals surface area (Å²) in [6.07, 6.45) is 11.9. The number of hydrogen-bond donors (Lipinski definition) is 3. The van der Waals surface area contributed by atoms with Gasteiger partial charge in [-0.2, -0.15) is 0 Å². The summed E-state index contributed by atoms with van der Waals surface area (Å²) in [4.78, 5) is 14.5. The van der Waals surface area contributed by atoms with E-state index in [4.69, 9.17) is 47.4 Å². The Hall–Kier alpha value is -2.05. The second-order valence-electron chi connectivity index (χ2n) is 20.4. The molecule has 360 valence electrons. The van der Waals surface area contributed by atoms with E-state index in [1.165, 1.54) is 19.3 Å². The highest BCUT2D eigenvalue weighted by molar-refractivity contribution is 5.78. The molecular formula is C50H76O14. The normalized spacial score (nSPS) is 49.5. The molecule has 0 aromatic carbocycles. The first-order chi connectivity index (χ1) is 30.6. The van der Waals surface area contributed by atoms with E-state index in [9.17, 15) is 20.1 Å². The molecule has 6 fully saturated rings. The van der Waals surface area contributed by atoms with Crippen molar-refractivity contribution in [1.82, 2.24) is 0 Å². The van der Waals surface area contributed by atoms with Crippen molar-refractivity contribution >= 4 is 5.97 Å². The van der Waals surface area contributed by atoms with Gasteiger partial charge in [0.15, 0.2) is 18.4 Å². The van der Waals surface area contributed by atoms with E-state index < -0.39 is 90.8 Å². The monoisotopic (exact) mass is 901 g/mol. The molecule has 0 aromatic rings. The molecule has 14 heteroatoms. The van der Waals surface area contributed by atoms with Crippen LogP contribution in [-0.4, -0.2) is 139 Å². The number of carbonyl (C=O) groups is 1. The maximum atomic E-state index is 14.5. The summed E-state index contributed by atoms with van der Waals surface area (Å²) in [5.74, 6) is -1.86. The predicted molar refractivity (Wildman–Crippen MR) is 235 cm³/mol. The van der Waals surface area contributed by atoms with Gasteiger partial charge in [-0.3, -0.25) is 4.79 Å². The lowest BCUT2D eigenvalue weighted by atomic mass is 9.71. The molecule has 0 radical (unpaired) electrons. The number of esters is 1. The van der Waals surface area contributed by atoms with Crippen LogP contribution >= 0.6 is 0 Å². The highest BCUT2D eigenvalue weighted by Crippen LogP contribution is 2.49. The topological polar surface area (TPSA) is 170 Å². The number of fused-ring (bicyclic) bond motifs is 2. The second-order valence-corrected chi connectivity index (χ2v) is 20.4. The Bertz CT molecular complexity index is 1740. The van der Waals surface area contributed by atoms with Crippen LogP contribution in [0.2, 0.25) is 0 Å². The van der Waals surface area contributed by atoms with Crippen LogP contribution in [0.3, 0.4) is 0 Å². The Morgan fingerprint density at radius 2 is 1.55 bits per heavy atom. The van der Waals surface area contributed by atoms with E-state index in [0.29, 0.717) is 61.5 Å². The summed E-state index contributed by atoms with van der Waals surface area (Å²) in [5.41, 5.74) is 0.221. The third-order valence-electron chi connectivity index (χ3n) is 15.8. The van der Waals surface area contributed by atoms with Crippen molar-refractivity contribution in [1.29, 1.82) is 0 Å². The van der Waals surface area contributed by atoms with Gasteiger partial charge in [0, 0.05) is 52.2 Å². The van der Waals surface area contributed by atoms with Crippen molar-refractivity contribution in [3.63, 3.8) is 0 Å². The van der Waals surface area contributed by atoms with E-state index in [0.717, 1.165) is 24.8 Å².